The Labute approximate surface area is 495 Å². The summed E-state index contributed by atoms with van der Waals surface area (Å²) in [6.07, 6.45) is 24.5. The summed E-state index contributed by atoms with van der Waals surface area (Å²) >= 11 is 0. The molecule has 0 aromatic heterocycles. The van der Waals surface area contributed by atoms with E-state index in [1.807, 2.05) is 34.6 Å². The third-order valence-corrected chi connectivity index (χ3v) is 18.1. The largest absolute Gasteiger partial charge is 0.466 e. The SMILES string of the molecule is CC(=O)C1C(=O)CC2(CC2)N[C@H]1C.CCOC(=O)C1C(=O)C[C@H](C)NC12CC2.CCOC(=O)C=C1CC1.CCOC(=O)CC1(N[C@@H](C)CC(C)=O)CC1.C[C@H]1CC(=O)CC2(CC2)N1.C[C@H]1C[C@@H](O)CC2(CC2)N1.C[C@H]1C[C@H](O)CC2(CC2)N1. The number of nitrogens with one attached hydrogen (secondary N) is 6. The van der Waals surface area contributed by atoms with Crippen molar-refractivity contribution in [2.45, 2.75) is 312 Å². The van der Waals surface area contributed by atoms with Crippen LogP contribution in [0.5, 0.6) is 0 Å². The molecule has 5 aliphatic heterocycles. The van der Waals surface area contributed by atoms with Gasteiger partial charge in [-0.3, -0.25) is 33.6 Å². The van der Waals surface area contributed by atoms with Gasteiger partial charge in [-0.1, -0.05) is 5.57 Å². The maximum Gasteiger partial charge on any atom is 0.330 e. The molecule has 7 saturated carbocycles. The summed E-state index contributed by atoms with van der Waals surface area (Å²) in [7, 11) is 0. The first-order valence-electron chi connectivity index (χ1n) is 31.8. The van der Waals surface area contributed by atoms with Gasteiger partial charge >= 0.3 is 17.9 Å². The van der Waals surface area contributed by atoms with Crippen molar-refractivity contribution in [1.29, 1.82) is 0 Å². The molecule has 0 bridgehead atoms. The van der Waals surface area contributed by atoms with E-state index >= 15 is 0 Å². The lowest BCUT2D eigenvalue weighted by Gasteiger charge is -2.34. The number of aliphatic hydroxyl groups excluding tert-OH is 2. The van der Waals surface area contributed by atoms with E-state index in [4.69, 9.17) is 9.47 Å². The lowest BCUT2D eigenvalue weighted by molar-refractivity contribution is -0.155. The highest BCUT2D eigenvalue weighted by Gasteiger charge is 2.59. The fourth-order valence-electron chi connectivity index (χ4n) is 13.5. The fraction of sp³-hybridized carbons (Fsp3) is 0.844. The number of ether oxygens (including phenoxy) is 3. The number of allylic oxidation sites excluding steroid dienone is 1. The number of ketones is 5. The number of rotatable bonds is 12. The van der Waals surface area contributed by atoms with Gasteiger partial charge in [0.1, 0.15) is 29.1 Å². The van der Waals surface area contributed by atoms with Crippen molar-refractivity contribution in [3.05, 3.63) is 11.6 Å². The molecule has 0 aromatic carbocycles. The Morgan fingerprint density at radius 3 is 1.52 bits per heavy atom. The Balaban J connectivity index is 0.000000157. The van der Waals surface area contributed by atoms with Gasteiger partial charge in [-0.15, -0.1) is 0 Å². The quantitative estimate of drug-likeness (QED) is 0.0468. The lowest BCUT2D eigenvalue weighted by atomic mass is 9.83. The van der Waals surface area contributed by atoms with Crippen LogP contribution in [-0.4, -0.2) is 159 Å². The van der Waals surface area contributed by atoms with Crippen LogP contribution in [0.25, 0.3) is 0 Å². The number of carbonyl (C=O) groups excluding carboxylic acids is 8. The number of hydrogen-bond donors (Lipinski definition) is 8. The number of Topliss-reactive ketones (excluding diaryl/α,β-unsaturated/α-hetero) is 5. The van der Waals surface area contributed by atoms with E-state index in [1.165, 1.54) is 51.0 Å². The molecule has 12 aliphatic rings. The Bertz CT molecular complexity index is 2240. The number of hydrogen-bond acceptors (Lipinski definition) is 19. The van der Waals surface area contributed by atoms with Gasteiger partial charge in [0.25, 0.3) is 0 Å². The number of aliphatic hydroxyl groups is 2. The van der Waals surface area contributed by atoms with E-state index in [0.29, 0.717) is 80.5 Å². The summed E-state index contributed by atoms with van der Waals surface area (Å²) in [6.45, 7) is 22.0. The van der Waals surface area contributed by atoms with Crippen LogP contribution in [0, 0.1) is 11.8 Å². The highest BCUT2D eigenvalue weighted by Crippen LogP contribution is 2.48. The Kier molecular flexibility index (Phi) is 24.1. The zero-order chi connectivity index (χ0) is 61.1. The second kappa shape index (κ2) is 29.2. The molecule has 8 N–H and O–H groups in total. The molecule has 470 valence electrons. The first-order chi connectivity index (χ1) is 39.0. The van der Waals surface area contributed by atoms with Crippen molar-refractivity contribution in [3.63, 3.8) is 0 Å². The van der Waals surface area contributed by atoms with E-state index in [-0.39, 0.29) is 93.5 Å². The molecule has 12 fully saturated rings. The zero-order valence-electron chi connectivity index (χ0n) is 52.3. The van der Waals surface area contributed by atoms with Gasteiger partial charge in [-0.2, -0.15) is 0 Å². The molecule has 2 unspecified atom stereocenters. The van der Waals surface area contributed by atoms with Crippen molar-refractivity contribution in [2.75, 3.05) is 19.8 Å². The van der Waals surface area contributed by atoms with Gasteiger partial charge in [-0.25, -0.2) is 4.79 Å². The van der Waals surface area contributed by atoms with Crippen LogP contribution in [-0.2, 0) is 52.6 Å². The fourth-order valence-corrected chi connectivity index (χ4v) is 13.5. The zero-order valence-corrected chi connectivity index (χ0v) is 52.3. The Morgan fingerprint density at radius 2 is 1.11 bits per heavy atom. The molecule has 10 atom stereocenters. The standard InChI is InChI=1S/C12H21NO3.C11H17NO3.C10H15NO2.2C8H15NO.C8H13NO.C7H10O2/c1-4-16-11(15)8-12(5-6-12)13-9(2)7-10(3)14;1-3-15-10(14)9-8(13)6-7(2)12-11(9)4-5-11;1-6-9(7(2)12)8(13)5-10(11-6)3-4-10;3*1-6-4-7(10)5-8(9-6)2-3-8;1-2-9-7(8)5-6-3-4-6/h9,13H,4-8H2,1-3H3;7,9,12H,3-6H2,1-2H3;6,9,11H,3-5H2,1-2H3;2*6-7,9-10H,2-5H2,1H3;6,9H,2-5H2,1H3;5H,2-4H2,1H3/t9-;7-,9?;6-,9?;6-,7+;6-,7-;6-;/m000000./s1. The van der Waals surface area contributed by atoms with E-state index in [0.717, 1.165) is 89.9 Å². The van der Waals surface area contributed by atoms with Crippen LogP contribution in [0.4, 0.5) is 0 Å². The minimum atomic E-state index is -0.561. The van der Waals surface area contributed by atoms with Crippen molar-refractivity contribution in [1.82, 2.24) is 31.9 Å². The van der Waals surface area contributed by atoms with E-state index in [2.05, 4.69) is 57.4 Å². The minimum Gasteiger partial charge on any atom is -0.466 e. The van der Waals surface area contributed by atoms with Gasteiger partial charge in [0.2, 0.25) is 0 Å². The summed E-state index contributed by atoms with van der Waals surface area (Å²) in [5.74, 6) is -0.851. The molecule has 83 heavy (non-hydrogen) atoms. The van der Waals surface area contributed by atoms with E-state index in [1.54, 1.807) is 19.9 Å². The van der Waals surface area contributed by atoms with Crippen LogP contribution in [0.15, 0.2) is 11.6 Å². The van der Waals surface area contributed by atoms with Gasteiger partial charge in [0.05, 0.1) is 44.4 Å². The monoisotopic (exact) mass is 1170 g/mol. The lowest BCUT2D eigenvalue weighted by Crippen LogP contribution is -2.56. The summed E-state index contributed by atoms with van der Waals surface area (Å²) in [5, 5.41) is 39.5. The first kappa shape index (κ1) is 68.3. The van der Waals surface area contributed by atoms with Gasteiger partial charge in [0, 0.05) is 108 Å². The molecule has 0 aromatic rings. The average Bonchev–Trinajstić information content (AvgIpc) is 2.75. The molecule has 5 saturated heterocycles. The predicted octanol–water partition coefficient (Wildman–Crippen LogP) is 6.19. The normalized spacial score (nSPS) is 31.8. The van der Waals surface area contributed by atoms with Crippen LogP contribution in [0.3, 0.4) is 0 Å². The average molecular weight is 1170 g/mol. The minimum absolute atomic E-state index is 0.000463. The summed E-state index contributed by atoms with van der Waals surface area (Å²) < 4.78 is 14.6. The molecule has 12 rings (SSSR count). The van der Waals surface area contributed by atoms with Crippen LogP contribution < -0.4 is 31.9 Å². The third-order valence-electron chi connectivity index (χ3n) is 18.1. The van der Waals surface area contributed by atoms with Crippen molar-refractivity contribution < 1.29 is 62.8 Å². The summed E-state index contributed by atoms with van der Waals surface area (Å²) in [5.41, 5.74) is 1.96. The molecule has 7 aliphatic carbocycles. The Morgan fingerprint density at radius 1 is 0.614 bits per heavy atom. The van der Waals surface area contributed by atoms with E-state index in [9.17, 15) is 48.6 Å². The smallest absolute Gasteiger partial charge is 0.330 e. The number of esters is 3. The van der Waals surface area contributed by atoms with Crippen molar-refractivity contribution >= 4 is 46.8 Å². The van der Waals surface area contributed by atoms with Crippen LogP contribution >= 0.6 is 0 Å². The van der Waals surface area contributed by atoms with E-state index < -0.39 is 11.8 Å². The Hall–Kier alpha value is -3.82. The van der Waals surface area contributed by atoms with Crippen molar-refractivity contribution in [3.8, 4) is 0 Å². The number of carbonyl (C=O) groups is 8. The number of piperidine rings is 5. The van der Waals surface area contributed by atoms with Crippen LogP contribution in [0.2, 0.25) is 0 Å². The molecule has 19 nitrogen and oxygen atoms in total. The molecule has 0 amide bonds. The molecule has 19 heteroatoms. The highest BCUT2D eigenvalue weighted by atomic mass is 16.5. The topological polar surface area (TPSA) is 277 Å². The maximum absolute atomic E-state index is 11.8. The first-order valence-corrected chi connectivity index (χ1v) is 31.8. The van der Waals surface area contributed by atoms with Gasteiger partial charge in [-0.05, 0) is 192 Å². The van der Waals surface area contributed by atoms with Gasteiger partial charge < -0.3 is 56.3 Å². The molecule has 0 radical (unpaired) electrons. The van der Waals surface area contributed by atoms with Crippen LogP contribution in [0.1, 0.15) is 230 Å². The van der Waals surface area contributed by atoms with Gasteiger partial charge in [0.15, 0.2) is 5.78 Å². The van der Waals surface area contributed by atoms with Crippen molar-refractivity contribution in [2.24, 2.45) is 11.8 Å². The predicted molar refractivity (Wildman–Crippen MR) is 316 cm³/mol. The summed E-state index contributed by atoms with van der Waals surface area (Å²) in [6, 6.07) is 1.81. The second-order valence-corrected chi connectivity index (χ2v) is 27.4. The molecular formula is C64H106N6O13. The third kappa shape index (κ3) is 22.1. The summed E-state index contributed by atoms with van der Waals surface area (Å²) in [4.78, 5) is 90.4. The maximum atomic E-state index is 11.8. The highest BCUT2D eigenvalue weighted by molar-refractivity contribution is 6.03. The molecular weight excluding hydrogens is 1060 g/mol. The molecule has 5 heterocycles. The second-order valence-electron chi connectivity index (χ2n) is 27.4. The molecule has 5 spiro atoms.